The van der Waals surface area contributed by atoms with Gasteiger partial charge >= 0.3 is 0 Å². The highest BCUT2D eigenvalue weighted by atomic mass is 32.1. The molecule has 3 rings (SSSR count). The van der Waals surface area contributed by atoms with Gasteiger partial charge in [-0.2, -0.15) is 4.37 Å². The molecule has 0 radical (unpaired) electrons. The van der Waals surface area contributed by atoms with Gasteiger partial charge in [-0.25, -0.2) is 0 Å². The Balaban J connectivity index is 1.85. The van der Waals surface area contributed by atoms with Crippen molar-refractivity contribution in [1.29, 1.82) is 0 Å². The molecule has 1 aliphatic carbocycles. The summed E-state index contributed by atoms with van der Waals surface area (Å²) in [4.78, 5) is 13.6. The molecule has 0 aromatic carbocycles. The summed E-state index contributed by atoms with van der Waals surface area (Å²) >= 11 is 1.47. The molecule has 1 aromatic heterocycles. The van der Waals surface area contributed by atoms with Crippen LogP contribution >= 0.6 is 11.5 Å². The van der Waals surface area contributed by atoms with Crippen molar-refractivity contribution >= 4 is 28.3 Å². The highest BCUT2D eigenvalue weighted by Crippen LogP contribution is 2.48. The van der Waals surface area contributed by atoms with Gasteiger partial charge in [0.05, 0.1) is 0 Å². The van der Waals surface area contributed by atoms with Crippen molar-refractivity contribution in [2.75, 3.05) is 30.3 Å². The molecule has 1 saturated heterocycles. The molecule has 92 valence electrons. The molecule has 6 heteroatoms. The van der Waals surface area contributed by atoms with Crippen LogP contribution in [0.15, 0.2) is 0 Å². The van der Waals surface area contributed by atoms with Crippen LogP contribution in [0.1, 0.15) is 30.7 Å². The quantitative estimate of drug-likeness (QED) is 0.821. The third-order valence-corrected chi connectivity index (χ3v) is 4.26. The Bertz CT molecular complexity index is 441. The molecule has 0 atom stereocenters. The molecular formula is C11H16N4OS. The Morgan fingerprint density at radius 3 is 3.00 bits per heavy atom. The van der Waals surface area contributed by atoms with Crippen LogP contribution in [0, 0.1) is 0 Å². The molecule has 0 unspecified atom stereocenters. The SMILES string of the molecule is Nc1nsc(N2CCNC(=O)CC2)c1C1CC1. The number of hydrogen-bond acceptors (Lipinski definition) is 5. The Morgan fingerprint density at radius 1 is 1.41 bits per heavy atom. The van der Waals surface area contributed by atoms with E-state index in [0.29, 0.717) is 24.7 Å². The second-order valence-corrected chi connectivity index (χ2v) is 5.40. The molecule has 1 amide bonds. The van der Waals surface area contributed by atoms with Crippen molar-refractivity contribution in [3.8, 4) is 0 Å². The zero-order chi connectivity index (χ0) is 11.8. The van der Waals surface area contributed by atoms with Crippen molar-refractivity contribution < 1.29 is 4.79 Å². The van der Waals surface area contributed by atoms with Crippen LogP contribution in [0.2, 0.25) is 0 Å². The number of carbonyl (C=O) groups is 1. The number of nitrogens with one attached hydrogen (secondary N) is 1. The minimum atomic E-state index is 0.137. The Hall–Kier alpha value is -1.30. The highest BCUT2D eigenvalue weighted by Gasteiger charge is 2.32. The van der Waals surface area contributed by atoms with E-state index in [1.165, 1.54) is 34.9 Å². The molecule has 1 aromatic rings. The third kappa shape index (κ3) is 2.09. The van der Waals surface area contributed by atoms with Crippen molar-refractivity contribution in [2.45, 2.75) is 25.2 Å². The summed E-state index contributed by atoms with van der Waals surface area (Å²) in [6, 6.07) is 0. The van der Waals surface area contributed by atoms with Crippen LogP contribution in [0.5, 0.6) is 0 Å². The maximum Gasteiger partial charge on any atom is 0.221 e. The van der Waals surface area contributed by atoms with Crippen LogP contribution < -0.4 is 16.0 Å². The lowest BCUT2D eigenvalue weighted by atomic mass is 10.2. The van der Waals surface area contributed by atoms with Gasteiger partial charge in [0.1, 0.15) is 10.8 Å². The predicted octanol–water partition coefficient (Wildman–Crippen LogP) is 0.929. The molecule has 0 spiro atoms. The molecule has 1 aliphatic heterocycles. The van der Waals surface area contributed by atoms with Crippen molar-refractivity contribution in [1.82, 2.24) is 9.69 Å². The molecule has 1 saturated carbocycles. The van der Waals surface area contributed by atoms with Gasteiger partial charge in [0.25, 0.3) is 0 Å². The Labute approximate surface area is 104 Å². The van der Waals surface area contributed by atoms with E-state index in [2.05, 4.69) is 14.6 Å². The number of aromatic nitrogens is 1. The van der Waals surface area contributed by atoms with E-state index >= 15 is 0 Å². The first-order valence-electron chi connectivity index (χ1n) is 6.02. The van der Waals surface area contributed by atoms with E-state index in [1.54, 1.807) is 0 Å². The molecular weight excluding hydrogens is 236 g/mol. The lowest BCUT2D eigenvalue weighted by Crippen LogP contribution is -2.28. The minimum absolute atomic E-state index is 0.137. The fourth-order valence-corrected chi connectivity index (χ4v) is 3.21. The van der Waals surface area contributed by atoms with Gasteiger partial charge in [0.15, 0.2) is 0 Å². The third-order valence-electron chi connectivity index (χ3n) is 3.32. The zero-order valence-corrected chi connectivity index (χ0v) is 10.4. The summed E-state index contributed by atoms with van der Waals surface area (Å²) in [5.41, 5.74) is 7.17. The number of carbonyl (C=O) groups excluding carboxylic acids is 1. The predicted molar refractivity (Wildman–Crippen MR) is 68.3 cm³/mol. The van der Waals surface area contributed by atoms with Gasteiger partial charge in [-0.05, 0) is 30.3 Å². The minimum Gasteiger partial charge on any atom is -0.383 e. The summed E-state index contributed by atoms with van der Waals surface area (Å²) in [7, 11) is 0. The van der Waals surface area contributed by atoms with Crippen LogP contribution in [-0.4, -0.2) is 29.9 Å². The van der Waals surface area contributed by atoms with Gasteiger partial charge in [0.2, 0.25) is 5.91 Å². The first-order valence-corrected chi connectivity index (χ1v) is 6.79. The zero-order valence-electron chi connectivity index (χ0n) is 9.61. The fraction of sp³-hybridized carbons (Fsp3) is 0.636. The van der Waals surface area contributed by atoms with Gasteiger partial charge in [-0.1, -0.05) is 0 Å². The van der Waals surface area contributed by atoms with Crippen LogP contribution in [-0.2, 0) is 4.79 Å². The molecule has 0 bridgehead atoms. The normalized spacial score (nSPS) is 21.2. The van der Waals surface area contributed by atoms with E-state index in [-0.39, 0.29) is 5.91 Å². The smallest absolute Gasteiger partial charge is 0.221 e. The number of hydrogen-bond donors (Lipinski definition) is 2. The van der Waals surface area contributed by atoms with E-state index in [4.69, 9.17) is 5.73 Å². The average molecular weight is 252 g/mol. The second-order valence-electron chi connectivity index (χ2n) is 4.65. The molecule has 5 nitrogen and oxygen atoms in total. The summed E-state index contributed by atoms with van der Waals surface area (Å²) in [5, 5.41) is 4.07. The van der Waals surface area contributed by atoms with E-state index in [9.17, 15) is 4.79 Å². The van der Waals surface area contributed by atoms with Gasteiger partial charge in [-0.3, -0.25) is 4.79 Å². The number of anilines is 2. The lowest BCUT2D eigenvalue weighted by Gasteiger charge is -2.20. The lowest BCUT2D eigenvalue weighted by molar-refractivity contribution is -0.120. The molecule has 2 fully saturated rings. The molecule has 2 heterocycles. The number of nitrogens with zero attached hydrogens (tertiary/aromatic N) is 2. The van der Waals surface area contributed by atoms with Crippen molar-refractivity contribution in [3.63, 3.8) is 0 Å². The number of nitrogens with two attached hydrogens (primary N) is 1. The van der Waals surface area contributed by atoms with Crippen LogP contribution in [0.25, 0.3) is 0 Å². The van der Waals surface area contributed by atoms with Crippen LogP contribution in [0.4, 0.5) is 10.8 Å². The topological polar surface area (TPSA) is 71.2 Å². The monoisotopic (exact) mass is 252 g/mol. The maximum atomic E-state index is 11.3. The van der Waals surface area contributed by atoms with E-state index in [1.807, 2.05) is 0 Å². The van der Waals surface area contributed by atoms with Crippen molar-refractivity contribution in [3.05, 3.63) is 5.56 Å². The fourth-order valence-electron chi connectivity index (χ4n) is 2.25. The van der Waals surface area contributed by atoms with Gasteiger partial charge in [0, 0.05) is 31.6 Å². The van der Waals surface area contributed by atoms with E-state index in [0.717, 1.165) is 13.1 Å². The second kappa shape index (κ2) is 4.18. The Kier molecular flexibility index (Phi) is 2.66. The first-order chi connectivity index (χ1) is 8.25. The summed E-state index contributed by atoms with van der Waals surface area (Å²) < 4.78 is 4.28. The molecule has 17 heavy (non-hydrogen) atoms. The summed E-state index contributed by atoms with van der Waals surface area (Å²) in [6.45, 7) is 2.33. The van der Waals surface area contributed by atoms with Gasteiger partial charge < -0.3 is 16.0 Å². The maximum absolute atomic E-state index is 11.3. The Morgan fingerprint density at radius 2 is 2.24 bits per heavy atom. The molecule has 2 aliphatic rings. The number of nitrogen functional groups attached to an aromatic ring is 1. The summed E-state index contributed by atoms with van der Waals surface area (Å²) in [5.74, 6) is 1.43. The van der Waals surface area contributed by atoms with E-state index < -0.39 is 0 Å². The largest absolute Gasteiger partial charge is 0.383 e. The average Bonchev–Trinajstić information content (AvgIpc) is 3.09. The highest BCUT2D eigenvalue weighted by molar-refractivity contribution is 7.10. The van der Waals surface area contributed by atoms with Crippen molar-refractivity contribution in [2.24, 2.45) is 0 Å². The summed E-state index contributed by atoms with van der Waals surface area (Å²) in [6.07, 6.45) is 3.00. The van der Waals surface area contributed by atoms with Gasteiger partial charge in [-0.15, -0.1) is 0 Å². The standard InChI is InChI=1S/C11H16N4OS/c12-10-9(7-1-2-7)11(17-14-10)15-5-3-8(16)13-4-6-15/h7H,1-6H2,(H2,12,14)(H,13,16). The molecule has 3 N–H and O–H groups in total. The first kappa shape index (κ1) is 10.8. The van der Waals surface area contributed by atoms with Crippen LogP contribution in [0.3, 0.4) is 0 Å². The number of rotatable bonds is 2. The number of amides is 1.